The first-order valence-electron chi connectivity index (χ1n) is 5.70. The molecule has 3 rings (SSSR count). The number of anilines is 1. The molecule has 1 aliphatic heterocycles. The molecule has 2 heterocycles. The highest BCUT2D eigenvalue weighted by Crippen LogP contribution is 2.34. The van der Waals surface area contributed by atoms with E-state index in [1.807, 2.05) is 6.08 Å². The topological polar surface area (TPSA) is 53.4 Å². The second-order valence-corrected chi connectivity index (χ2v) is 5.36. The number of phenols is 1. The molecule has 0 aliphatic carbocycles. The van der Waals surface area contributed by atoms with E-state index in [9.17, 15) is 9.90 Å². The number of aromatic hydroxyl groups is 1. The van der Waals surface area contributed by atoms with Crippen LogP contribution in [-0.4, -0.2) is 22.5 Å². The predicted octanol–water partition coefficient (Wildman–Crippen LogP) is 2.54. The Bertz CT molecular complexity index is 635. The lowest BCUT2D eigenvalue weighted by Crippen LogP contribution is -2.23. The molecule has 1 atom stereocenters. The van der Waals surface area contributed by atoms with Crippen molar-refractivity contribution in [2.45, 2.75) is 6.42 Å². The summed E-state index contributed by atoms with van der Waals surface area (Å²) >= 11 is 1.42. The van der Waals surface area contributed by atoms with Crippen molar-refractivity contribution in [2.24, 2.45) is 5.92 Å². The van der Waals surface area contributed by atoms with Gasteiger partial charge in [0.25, 0.3) is 0 Å². The van der Waals surface area contributed by atoms with Gasteiger partial charge in [0.05, 0.1) is 10.2 Å². The summed E-state index contributed by atoms with van der Waals surface area (Å²) in [5, 5.41) is 10.1. The first-order chi connectivity index (χ1) is 8.67. The summed E-state index contributed by atoms with van der Waals surface area (Å²) in [5.41, 5.74) is 0.808. The molecule has 1 fully saturated rings. The first-order valence-corrected chi connectivity index (χ1v) is 6.51. The summed E-state index contributed by atoms with van der Waals surface area (Å²) in [4.78, 5) is 18.0. The van der Waals surface area contributed by atoms with Crippen LogP contribution in [0.3, 0.4) is 0 Å². The third-order valence-electron chi connectivity index (χ3n) is 3.08. The zero-order valence-electron chi connectivity index (χ0n) is 9.67. The molecule has 0 saturated carbocycles. The minimum atomic E-state index is 0.0863. The van der Waals surface area contributed by atoms with Crippen LogP contribution in [0.15, 0.2) is 30.9 Å². The first kappa shape index (κ1) is 11.2. The molecule has 0 bridgehead atoms. The second-order valence-electron chi connectivity index (χ2n) is 4.35. The summed E-state index contributed by atoms with van der Waals surface area (Å²) in [7, 11) is 0. The highest BCUT2D eigenvalue weighted by Gasteiger charge is 2.30. The minimum absolute atomic E-state index is 0.0863. The number of phenolic OH excluding ortho intramolecular Hbond substituents is 1. The van der Waals surface area contributed by atoms with Crippen molar-refractivity contribution in [2.75, 3.05) is 11.4 Å². The van der Waals surface area contributed by atoms with Crippen LogP contribution >= 0.6 is 11.3 Å². The molecule has 0 radical (unpaired) electrons. The number of aromatic nitrogens is 1. The molecular weight excluding hydrogens is 248 g/mol. The Labute approximate surface area is 108 Å². The number of hydrogen-bond donors (Lipinski definition) is 1. The molecule has 1 N–H and O–H groups in total. The quantitative estimate of drug-likeness (QED) is 0.844. The molecule has 4 nitrogen and oxygen atoms in total. The average Bonchev–Trinajstić information content (AvgIpc) is 2.91. The van der Waals surface area contributed by atoms with E-state index in [4.69, 9.17) is 0 Å². The summed E-state index contributed by atoms with van der Waals surface area (Å²) in [5.74, 6) is 0.510. The zero-order chi connectivity index (χ0) is 12.7. The lowest BCUT2D eigenvalue weighted by Gasteiger charge is -2.11. The third-order valence-corrected chi connectivity index (χ3v) is 4.12. The maximum absolute atomic E-state index is 11.9. The van der Waals surface area contributed by atoms with Gasteiger partial charge in [0.1, 0.15) is 5.75 Å². The number of nitrogens with zero attached hydrogens (tertiary/aromatic N) is 2. The van der Waals surface area contributed by atoms with Crippen molar-refractivity contribution in [3.8, 4) is 5.75 Å². The van der Waals surface area contributed by atoms with E-state index in [2.05, 4.69) is 11.6 Å². The summed E-state index contributed by atoms with van der Waals surface area (Å²) in [6.07, 6.45) is 2.32. The number of benzene rings is 1. The van der Waals surface area contributed by atoms with Gasteiger partial charge in [0.2, 0.25) is 5.91 Å². The maximum atomic E-state index is 11.9. The number of hydrogen-bond acceptors (Lipinski definition) is 4. The van der Waals surface area contributed by atoms with E-state index in [1.54, 1.807) is 23.1 Å². The molecule has 5 heteroatoms. The molecule has 1 unspecified atom stereocenters. The van der Waals surface area contributed by atoms with Crippen LogP contribution < -0.4 is 4.90 Å². The number of thiazole rings is 1. The van der Waals surface area contributed by atoms with E-state index in [1.165, 1.54) is 11.3 Å². The molecular formula is C13H12N2O2S. The molecule has 1 aromatic carbocycles. The van der Waals surface area contributed by atoms with Crippen LogP contribution in [0.25, 0.3) is 10.2 Å². The van der Waals surface area contributed by atoms with Gasteiger partial charge in [-0.1, -0.05) is 17.4 Å². The Morgan fingerprint density at radius 1 is 1.56 bits per heavy atom. The van der Waals surface area contributed by atoms with E-state index >= 15 is 0 Å². The number of carbonyl (C=O) groups excluding carboxylic acids is 1. The lowest BCUT2D eigenvalue weighted by molar-refractivity contribution is -0.117. The Morgan fingerprint density at radius 3 is 3.11 bits per heavy atom. The van der Waals surface area contributed by atoms with Crippen LogP contribution in [0, 0.1) is 5.92 Å². The standard InChI is InChI=1S/C13H12N2O2S/c1-2-8-5-12(17)15(7-8)13-14-10-4-3-9(16)6-11(10)18-13/h2-4,6,8,16H,1,5,7H2. The van der Waals surface area contributed by atoms with Crippen molar-refractivity contribution in [3.63, 3.8) is 0 Å². The van der Waals surface area contributed by atoms with Crippen molar-refractivity contribution in [1.29, 1.82) is 0 Å². The largest absolute Gasteiger partial charge is 0.508 e. The average molecular weight is 260 g/mol. The van der Waals surface area contributed by atoms with Crippen molar-refractivity contribution < 1.29 is 9.90 Å². The number of carbonyl (C=O) groups is 1. The van der Waals surface area contributed by atoms with E-state index in [0.717, 1.165) is 10.2 Å². The predicted molar refractivity (Wildman–Crippen MR) is 71.9 cm³/mol. The molecule has 1 saturated heterocycles. The van der Waals surface area contributed by atoms with Crippen molar-refractivity contribution in [3.05, 3.63) is 30.9 Å². The summed E-state index contributed by atoms with van der Waals surface area (Å²) < 4.78 is 0.889. The van der Waals surface area contributed by atoms with Crippen molar-refractivity contribution in [1.82, 2.24) is 4.98 Å². The highest BCUT2D eigenvalue weighted by atomic mass is 32.1. The fourth-order valence-corrected chi connectivity index (χ4v) is 3.12. The SMILES string of the molecule is C=CC1CC(=O)N(c2nc3ccc(O)cc3s2)C1. The van der Waals surface area contributed by atoms with Gasteiger partial charge in [-0.25, -0.2) is 4.98 Å². The Morgan fingerprint density at radius 2 is 2.39 bits per heavy atom. The normalized spacial score (nSPS) is 19.7. The number of fused-ring (bicyclic) bond motifs is 1. The van der Waals surface area contributed by atoms with Gasteiger partial charge >= 0.3 is 0 Å². The number of rotatable bonds is 2. The van der Waals surface area contributed by atoms with Crippen LogP contribution in [0.1, 0.15) is 6.42 Å². The van der Waals surface area contributed by atoms with E-state index in [0.29, 0.717) is 18.1 Å². The fraction of sp³-hybridized carbons (Fsp3) is 0.231. The van der Waals surface area contributed by atoms with Crippen LogP contribution in [0.4, 0.5) is 5.13 Å². The molecule has 1 aromatic heterocycles. The van der Waals surface area contributed by atoms with Gasteiger partial charge in [0.15, 0.2) is 5.13 Å². The van der Waals surface area contributed by atoms with E-state index < -0.39 is 0 Å². The maximum Gasteiger partial charge on any atom is 0.229 e. The molecule has 1 aliphatic rings. The van der Waals surface area contributed by atoms with Gasteiger partial charge in [-0.15, -0.1) is 6.58 Å². The summed E-state index contributed by atoms with van der Waals surface area (Å²) in [6.45, 7) is 4.38. The van der Waals surface area contributed by atoms with Crippen molar-refractivity contribution >= 4 is 32.6 Å². The fourth-order valence-electron chi connectivity index (χ4n) is 2.09. The monoisotopic (exact) mass is 260 g/mol. The number of amides is 1. The Kier molecular flexibility index (Phi) is 2.56. The van der Waals surface area contributed by atoms with Gasteiger partial charge in [-0.2, -0.15) is 0 Å². The molecule has 92 valence electrons. The summed E-state index contributed by atoms with van der Waals surface area (Å²) in [6, 6.07) is 5.03. The zero-order valence-corrected chi connectivity index (χ0v) is 10.5. The molecule has 0 spiro atoms. The van der Waals surface area contributed by atoms with E-state index in [-0.39, 0.29) is 17.6 Å². The van der Waals surface area contributed by atoms with Gasteiger partial charge < -0.3 is 5.11 Å². The minimum Gasteiger partial charge on any atom is -0.508 e. The molecule has 1 amide bonds. The smallest absolute Gasteiger partial charge is 0.229 e. The second kappa shape index (κ2) is 4.10. The van der Waals surface area contributed by atoms with Crippen LogP contribution in [0.5, 0.6) is 5.75 Å². The van der Waals surface area contributed by atoms with Gasteiger partial charge in [-0.05, 0) is 18.2 Å². The third kappa shape index (κ3) is 1.76. The van der Waals surface area contributed by atoms with Gasteiger partial charge in [0, 0.05) is 18.9 Å². The molecule has 2 aromatic rings. The molecule has 18 heavy (non-hydrogen) atoms. The van der Waals surface area contributed by atoms with Crippen LogP contribution in [0.2, 0.25) is 0 Å². The Hall–Kier alpha value is -1.88. The lowest BCUT2D eigenvalue weighted by atomic mass is 10.1. The highest BCUT2D eigenvalue weighted by molar-refractivity contribution is 7.22. The van der Waals surface area contributed by atoms with Crippen LogP contribution in [-0.2, 0) is 4.79 Å². The van der Waals surface area contributed by atoms with Gasteiger partial charge in [-0.3, -0.25) is 9.69 Å². The Balaban J connectivity index is 1.99.